The van der Waals surface area contributed by atoms with Crippen molar-refractivity contribution in [2.75, 3.05) is 5.01 Å². The summed E-state index contributed by atoms with van der Waals surface area (Å²) in [7, 11) is 0. The fraction of sp³-hybridized carbons (Fsp3) is 0.136. The van der Waals surface area contributed by atoms with E-state index in [0.717, 1.165) is 11.2 Å². The Balaban J connectivity index is 1.51. The third-order valence-corrected chi connectivity index (χ3v) is 5.26. The van der Waals surface area contributed by atoms with Crippen LogP contribution in [0.25, 0.3) is 22.9 Å². The van der Waals surface area contributed by atoms with Gasteiger partial charge in [-0.1, -0.05) is 23.4 Å². The molecule has 0 amide bonds. The first kappa shape index (κ1) is 22.2. The van der Waals surface area contributed by atoms with E-state index in [4.69, 9.17) is 9.63 Å². The smallest absolute Gasteiger partial charge is 0.307 e. The molecule has 1 unspecified atom stereocenters. The Morgan fingerprint density at radius 1 is 1.17 bits per heavy atom. The minimum absolute atomic E-state index is 0.0131. The van der Waals surface area contributed by atoms with Crippen LogP contribution in [0.3, 0.4) is 0 Å². The Kier molecular flexibility index (Phi) is 5.66. The van der Waals surface area contributed by atoms with E-state index in [0.29, 0.717) is 17.0 Å². The van der Waals surface area contributed by atoms with Gasteiger partial charge < -0.3 is 20.2 Å². The van der Waals surface area contributed by atoms with Gasteiger partial charge in [-0.25, -0.2) is 23.8 Å². The number of benzene rings is 1. The number of aliphatic hydroxyl groups is 1. The Labute approximate surface area is 195 Å². The number of carboxylic acids is 1. The summed E-state index contributed by atoms with van der Waals surface area (Å²) in [5.74, 6) is -2.71. The number of hydrogen-bond acceptors (Lipinski definition) is 9. The van der Waals surface area contributed by atoms with E-state index in [-0.39, 0.29) is 29.5 Å². The highest BCUT2D eigenvalue weighted by molar-refractivity contribution is 5.71. The summed E-state index contributed by atoms with van der Waals surface area (Å²) in [4.78, 5) is 19.2. The summed E-state index contributed by atoms with van der Waals surface area (Å²) in [5.41, 5.74) is 4.27. The summed E-state index contributed by atoms with van der Waals surface area (Å²) in [6.07, 6.45) is 1.67. The minimum atomic E-state index is -1.45. The van der Waals surface area contributed by atoms with Gasteiger partial charge in [-0.05, 0) is 12.1 Å². The lowest BCUT2D eigenvalue weighted by Gasteiger charge is -2.23. The predicted molar refractivity (Wildman–Crippen MR) is 116 cm³/mol. The van der Waals surface area contributed by atoms with Gasteiger partial charge in [0.25, 0.3) is 0 Å². The van der Waals surface area contributed by atoms with E-state index in [1.807, 2.05) is 0 Å². The first-order valence-corrected chi connectivity index (χ1v) is 10.3. The van der Waals surface area contributed by atoms with Crippen LogP contribution in [0.5, 0.6) is 0 Å². The normalized spacial score (nSPS) is 15.2. The Morgan fingerprint density at radius 3 is 2.74 bits per heavy atom. The number of aliphatic carboxylic acids is 1. The zero-order valence-electron chi connectivity index (χ0n) is 17.8. The maximum atomic E-state index is 14.6. The van der Waals surface area contributed by atoms with Crippen LogP contribution in [0, 0.1) is 11.6 Å². The predicted octanol–water partition coefficient (Wildman–Crippen LogP) is 2.32. The number of anilines is 1. The highest BCUT2D eigenvalue weighted by Gasteiger charge is 2.31. The molecule has 0 spiro atoms. The van der Waals surface area contributed by atoms with Gasteiger partial charge in [0, 0.05) is 23.4 Å². The number of nitrogens with zero attached hydrogens (tertiary/aromatic N) is 6. The van der Waals surface area contributed by atoms with Crippen molar-refractivity contribution >= 4 is 11.8 Å². The molecule has 1 aliphatic rings. The van der Waals surface area contributed by atoms with Gasteiger partial charge >= 0.3 is 5.97 Å². The van der Waals surface area contributed by atoms with E-state index in [1.165, 1.54) is 23.2 Å². The zero-order valence-corrected chi connectivity index (χ0v) is 17.8. The van der Waals surface area contributed by atoms with Gasteiger partial charge in [0.05, 0.1) is 24.9 Å². The number of hydrogen-bond donors (Lipinski definition) is 3. The highest BCUT2D eigenvalue weighted by atomic mass is 19.1. The van der Waals surface area contributed by atoms with Gasteiger partial charge in [-0.2, -0.15) is 5.10 Å². The summed E-state index contributed by atoms with van der Waals surface area (Å²) in [5, 5.41) is 28.8. The van der Waals surface area contributed by atoms with Crippen molar-refractivity contribution in [1.29, 1.82) is 0 Å². The molecular formula is C22H17F2N7O4. The number of aliphatic hydroxyl groups excluding tert-OH is 1. The molecule has 0 bridgehead atoms. The number of carbonyl (C=O) groups is 1. The average Bonchev–Trinajstić information content (AvgIpc) is 3.57. The fourth-order valence-corrected chi connectivity index (χ4v) is 3.59. The summed E-state index contributed by atoms with van der Waals surface area (Å²) in [6.45, 7) is 0.0672. The second kappa shape index (κ2) is 8.95. The van der Waals surface area contributed by atoms with Gasteiger partial charge in [0.1, 0.15) is 23.5 Å². The van der Waals surface area contributed by atoms with Crippen LogP contribution < -0.4 is 10.4 Å². The second-order valence-electron chi connectivity index (χ2n) is 7.58. The molecule has 4 aromatic rings. The number of aromatic nitrogens is 5. The quantitative estimate of drug-likeness (QED) is 0.360. The number of rotatable bonds is 7. The lowest BCUT2D eigenvalue weighted by atomic mass is 10.2. The second-order valence-corrected chi connectivity index (χ2v) is 7.58. The van der Waals surface area contributed by atoms with Gasteiger partial charge in [0.15, 0.2) is 23.7 Å². The van der Waals surface area contributed by atoms with Crippen molar-refractivity contribution in [1.82, 2.24) is 30.3 Å². The molecular weight excluding hydrogens is 464 g/mol. The van der Waals surface area contributed by atoms with E-state index in [2.05, 4.69) is 25.6 Å². The fourth-order valence-electron chi connectivity index (χ4n) is 3.59. The number of hydrazine groups is 1. The lowest BCUT2D eigenvalue weighted by molar-refractivity contribution is -0.136. The molecule has 0 saturated heterocycles. The molecule has 35 heavy (non-hydrogen) atoms. The van der Waals surface area contributed by atoms with Gasteiger partial charge in [-0.3, -0.25) is 9.48 Å². The Hall–Kier alpha value is -4.65. The summed E-state index contributed by atoms with van der Waals surface area (Å²) >= 11 is 0. The molecule has 0 saturated carbocycles. The van der Waals surface area contributed by atoms with Gasteiger partial charge in [0.2, 0.25) is 0 Å². The molecule has 178 valence electrons. The standard InChI is InChI=1S/C22H17F2N7O4/c23-14-4-2-1-3-12(14)11-30-18(16-5-6-35-29-16)8-17(28-30)20-25-10-15(24)21(27-20)31-22(34)13(9-26-31)7-19(32)33/h1-6,8-10,22,26,34H,7,11H2,(H,32,33). The first-order chi connectivity index (χ1) is 16.9. The maximum absolute atomic E-state index is 14.6. The SMILES string of the molecule is O=C(O)CC1=CNN(c2nc(-c3cc(-c4ccon4)n(Cc4ccccc4F)n3)ncc2F)C1O. The zero-order chi connectivity index (χ0) is 24.5. The van der Waals surface area contributed by atoms with E-state index in [9.17, 15) is 18.7 Å². The molecule has 4 heterocycles. The van der Waals surface area contributed by atoms with Crippen molar-refractivity contribution in [3.8, 4) is 22.9 Å². The van der Waals surface area contributed by atoms with E-state index >= 15 is 0 Å². The van der Waals surface area contributed by atoms with Crippen LogP contribution in [0.2, 0.25) is 0 Å². The van der Waals surface area contributed by atoms with Crippen molar-refractivity contribution in [3.05, 3.63) is 77.8 Å². The minimum Gasteiger partial charge on any atom is -0.481 e. The third-order valence-electron chi connectivity index (χ3n) is 5.26. The molecule has 0 fully saturated rings. The van der Waals surface area contributed by atoms with Crippen LogP contribution in [0.4, 0.5) is 14.6 Å². The largest absolute Gasteiger partial charge is 0.481 e. The molecule has 0 radical (unpaired) electrons. The topological polar surface area (TPSA) is 142 Å². The summed E-state index contributed by atoms with van der Waals surface area (Å²) < 4.78 is 35.3. The lowest BCUT2D eigenvalue weighted by Crippen LogP contribution is -2.40. The van der Waals surface area contributed by atoms with Crippen LogP contribution >= 0.6 is 0 Å². The molecule has 3 aromatic heterocycles. The van der Waals surface area contributed by atoms with E-state index < -0.39 is 30.3 Å². The summed E-state index contributed by atoms with van der Waals surface area (Å²) in [6, 6.07) is 9.45. The molecule has 1 aliphatic heterocycles. The number of carboxylic acid groups (broad SMARTS) is 1. The van der Waals surface area contributed by atoms with Crippen molar-refractivity contribution in [3.63, 3.8) is 0 Å². The van der Waals surface area contributed by atoms with E-state index in [1.54, 1.807) is 30.3 Å². The molecule has 11 nitrogen and oxygen atoms in total. The van der Waals surface area contributed by atoms with Crippen molar-refractivity contribution in [2.24, 2.45) is 0 Å². The third kappa shape index (κ3) is 4.31. The molecule has 3 N–H and O–H groups in total. The molecule has 13 heteroatoms. The number of nitrogens with one attached hydrogen (secondary N) is 1. The van der Waals surface area contributed by atoms with Gasteiger partial charge in [-0.15, -0.1) is 0 Å². The van der Waals surface area contributed by atoms with Crippen molar-refractivity contribution in [2.45, 2.75) is 19.2 Å². The Bertz CT molecular complexity index is 1420. The maximum Gasteiger partial charge on any atom is 0.307 e. The molecule has 1 aromatic carbocycles. The van der Waals surface area contributed by atoms with Crippen LogP contribution in [-0.2, 0) is 11.3 Å². The average molecular weight is 481 g/mol. The van der Waals surface area contributed by atoms with Crippen LogP contribution in [-0.4, -0.2) is 47.3 Å². The van der Waals surface area contributed by atoms with Crippen LogP contribution in [0.1, 0.15) is 12.0 Å². The molecule has 0 aliphatic carbocycles. The Morgan fingerprint density at radius 2 is 2.00 bits per heavy atom. The number of halogens is 2. The highest BCUT2D eigenvalue weighted by Crippen LogP contribution is 2.28. The molecule has 1 atom stereocenters. The van der Waals surface area contributed by atoms with Crippen molar-refractivity contribution < 1.29 is 28.3 Å². The monoisotopic (exact) mass is 481 g/mol. The first-order valence-electron chi connectivity index (χ1n) is 10.3. The van der Waals surface area contributed by atoms with Crippen LogP contribution in [0.15, 0.2) is 65.2 Å². The molecule has 5 rings (SSSR count).